The lowest BCUT2D eigenvalue weighted by molar-refractivity contribution is 0.0992. The van der Waals surface area contributed by atoms with Crippen LogP contribution in [0.25, 0.3) is 0 Å². The van der Waals surface area contributed by atoms with Crippen LogP contribution in [0.5, 0.6) is 5.75 Å². The molecule has 0 saturated carbocycles. The first-order chi connectivity index (χ1) is 15.9. The summed E-state index contributed by atoms with van der Waals surface area (Å²) in [7, 11) is -3.87. The number of furan rings is 1. The molecule has 2 heterocycles. The maximum Gasteiger partial charge on any atom is 0.291 e. The van der Waals surface area contributed by atoms with Crippen LogP contribution in [0.1, 0.15) is 16.3 Å². The molecule has 0 saturated heterocycles. The van der Waals surface area contributed by atoms with Gasteiger partial charge in [-0.2, -0.15) is 0 Å². The summed E-state index contributed by atoms with van der Waals surface area (Å²) in [5.41, 5.74) is 0.389. The fourth-order valence-corrected chi connectivity index (χ4v) is 3.88. The second-order valence-corrected chi connectivity index (χ2v) is 8.73. The Balaban J connectivity index is 1.36. The van der Waals surface area contributed by atoms with Crippen LogP contribution in [0.15, 0.2) is 88.4 Å². The van der Waals surface area contributed by atoms with Gasteiger partial charge in [0.05, 0.1) is 9.92 Å². The van der Waals surface area contributed by atoms with Gasteiger partial charge in [0.15, 0.2) is 5.76 Å². The van der Waals surface area contributed by atoms with Crippen LogP contribution >= 0.6 is 11.6 Å². The minimum Gasteiger partial charge on any atom is -0.484 e. The van der Waals surface area contributed by atoms with E-state index in [9.17, 15) is 13.2 Å². The van der Waals surface area contributed by atoms with Crippen molar-refractivity contribution in [2.24, 2.45) is 0 Å². The molecule has 2 aromatic heterocycles. The lowest BCUT2D eigenvalue weighted by Crippen LogP contribution is -2.15. The maximum absolute atomic E-state index is 12.5. The van der Waals surface area contributed by atoms with E-state index in [-0.39, 0.29) is 23.2 Å². The molecule has 0 spiro atoms. The van der Waals surface area contributed by atoms with Gasteiger partial charge in [-0.25, -0.2) is 23.1 Å². The van der Waals surface area contributed by atoms with Gasteiger partial charge < -0.3 is 14.5 Å². The number of halogens is 1. The number of benzene rings is 2. The van der Waals surface area contributed by atoms with Gasteiger partial charge in [0.2, 0.25) is 5.95 Å². The Morgan fingerprint density at radius 2 is 1.70 bits per heavy atom. The van der Waals surface area contributed by atoms with Crippen molar-refractivity contribution in [1.82, 2.24) is 9.97 Å². The number of carbonyl (C=O) groups excluding carboxylic acids is 1. The van der Waals surface area contributed by atoms with E-state index < -0.39 is 15.9 Å². The summed E-state index contributed by atoms with van der Waals surface area (Å²) < 4.78 is 38.3. The fourth-order valence-electron chi connectivity index (χ4n) is 2.73. The van der Waals surface area contributed by atoms with Crippen molar-refractivity contribution in [3.05, 3.63) is 95.7 Å². The topological polar surface area (TPSA) is 123 Å². The molecule has 0 atom stereocenters. The maximum atomic E-state index is 12.5. The summed E-state index contributed by atoms with van der Waals surface area (Å²) in [6.07, 6.45) is 2.85. The van der Waals surface area contributed by atoms with Gasteiger partial charge in [-0.3, -0.25) is 4.79 Å². The quantitative estimate of drug-likeness (QED) is 0.381. The van der Waals surface area contributed by atoms with Crippen LogP contribution in [-0.4, -0.2) is 24.3 Å². The lowest BCUT2D eigenvalue weighted by Gasteiger charge is -2.08. The summed E-state index contributed by atoms with van der Waals surface area (Å²) in [6.45, 7) is 0.0989. The predicted octanol–water partition coefficient (Wildman–Crippen LogP) is 4.36. The third kappa shape index (κ3) is 5.68. The van der Waals surface area contributed by atoms with E-state index in [1.807, 2.05) is 0 Å². The van der Waals surface area contributed by atoms with Crippen molar-refractivity contribution < 1.29 is 22.4 Å². The molecule has 168 valence electrons. The normalized spacial score (nSPS) is 11.1. The molecular formula is C22H17ClN4O5S. The fraction of sp³-hybridized carbons (Fsp3) is 0.0455. The zero-order valence-electron chi connectivity index (χ0n) is 16.9. The number of nitrogens with zero attached hydrogens (tertiary/aromatic N) is 2. The predicted molar refractivity (Wildman–Crippen MR) is 122 cm³/mol. The number of carbonyl (C=O) groups is 1. The number of ether oxygens (including phenoxy) is 1. The molecule has 0 radical (unpaired) electrons. The first-order valence-electron chi connectivity index (χ1n) is 9.58. The third-order valence-electron chi connectivity index (χ3n) is 4.31. The van der Waals surface area contributed by atoms with E-state index in [1.54, 1.807) is 36.4 Å². The molecule has 0 unspecified atom stereocenters. The lowest BCUT2D eigenvalue weighted by atomic mass is 10.3. The highest BCUT2D eigenvalue weighted by atomic mass is 35.5. The van der Waals surface area contributed by atoms with Crippen molar-refractivity contribution in [3.63, 3.8) is 0 Å². The summed E-state index contributed by atoms with van der Waals surface area (Å²) in [5.74, 6) is 0.487. The Hall–Kier alpha value is -3.89. The number of sulfonamides is 1. The molecule has 4 rings (SSSR count). The van der Waals surface area contributed by atoms with Crippen molar-refractivity contribution in [3.8, 4) is 5.75 Å². The second kappa shape index (κ2) is 9.72. The molecule has 1 amide bonds. The molecule has 4 aromatic rings. The summed E-state index contributed by atoms with van der Waals surface area (Å²) >= 11 is 6.05. The van der Waals surface area contributed by atoms with Gasteiger partial charge in [0.1, 0.15) is 18.1 Å². The van der Waals surface area contributed by atoms with Crippen LogP contribution in [0.3, 0.4) is 0 Å². The molecular weight excluding hydrogens is 468 g/mol. The van der Waals surface area contributed by atoms with Crippen molar-refractivity contribution >= 4 is 39.2 Å². The SMILES string of the molecule is O=C(Nc1ccc(S(=O)(=O)Nc2ncccn2)cc1)c1ccc(COc2ccccc2Cl)o1. The second-order valence-electron chi connectivity index (χ2n) is 6.64. The summed E-state index contributed by atoms with van der Waals surface area (Å²) in [6, 6.07) is 17.4. The van der Waals surface area contributed by atoms with Crippen LogP contribution in [0.2, 0.25) is 5.02 Å². The summed E-state index contributed by atoms with van der Waals surface area (Å²) in [5, 5.41) is 3.12. The van der Waals surface area contributed by atoms with Gasteiger partial charge >= 0.3 is 0 Å². The minimum absolute atomic E-state index is 0.00930. The number of hydrogen-bond acceptors (Lipinski definition) is 7. The van der Waals surface area contributed by atoms with E-state index in [0.29, 0.717) is 22.2 Å². The van der Waals surface area contributed by atoms with E-state index >= 15 is 0 Å². The minimum atomic E-state index is -3.87. The molecule has 0 aliphatic carbocycles. The first kappa shape index (κ1) is 22.3. The number of anilines is 2. The van der Waals surface area contributed by atoms with E-state index in [0.717, 1.165) is 0 Å². The molecule has 2 N–H and O–H groups in total. The van der Waals surface area contributed by atoms with E-state index in [4.69, 9.17) is 20.8 Å². The zero-order chi connectivity index (χ0) is 23.3. The Kier molecular flexibility index (Phi) is 6.57. The van der Waals surface area contributed by atoms with Crippen molar-refractivity contribution in [2.75, 3.05) is 10.0 Å². The number of aromatic nitrogens is 2. The van der Waals surface area contributed by atoms with Crippen molar-refractivity contribution in [1.29, 1.82) is 0 Å². The number of hydrogen-bond donors (Lipinski definition) is 2. The molecule has 11 heteroatoms. The average Bonchev–Trinajstić information content (AvgIpc) is 3.29. The highest BCUT2D eigenvalue weighted by molar-refractivity contribution is 7.92. The first-order valence-corrected chi connectivity index (χ1v) is 11.4. The molecule has 33 heavy (non-hydrogen) atoms. The van der Waals surface area contributed by atoms with Crippen LogP contribution in [0.4, 0.5) is 11.6 Å². The summed E-state index contributed by atoms with van der Waals surface area (Å²) in [4.78, 5) is 20.1. The Labute approximate surface area is 194 Å². The zero-order valence-corrected chi connectivity index (χ0v) is 18.5. The van der Waals surface area contributed by atoms with Crippen molar-refractivity contribution in [2.45, 2.75) is 11.5 Å². The highest BCUT2D eigenvalue weighted by Gasteiger charge is 2.17. The largest absolute Gasteiger partial charge is 0.484 e. The van der Waals surface area contributed by atoms with Crippen LogP contribution in [0, 0.1) is 0 Å². The van der Waals surface area contributed by atoms with Gasteiger partial charge in [0, 0.05) is 18.1 Å². The number of amides is 1. The van der Waals surface area contributed by atoms with Gasteiger partial charge in [-0.1, -0.05) is 23.7 Å². The molecule has 0 fully saturated rings. The molecule has 0 bridgehead atoms. The van der Waals surface area contributed by atoms with Crippen LogP contribution in [-0.2, 0) is 16.6 Å². The number of nitrogens with one attached hydrogen (secondary N) is 2. The Morgan fingerprint density at radius 3 is 2.42 bits per heavy atom. The number of rotatable bonds is 8. The number of para-hydroxylation sites is 1. The monoisotopic (exact) mass is 484 g/mol. The standard InChI is InChI=1S/C22H17ClN4O5S/c23-18-4-1-2-5-19(18)31-14-16-8-11-20(32-16)21(28)26-15-6-9-17(10-7-15)33(29,30)27-22-24-12-3-13-25-22/h1-13H,14H2,(H,26,28)(H,24,25,27). The Bertz CT molecular complexity index is 1360. The smallest absolute Gasteiger partial charge is 0.291 e. The molecule has 0 aliphatic rings. The Morgan fingerprint density at radius 1 is 0.970 bits per heavy atom. The molecule has 2 aromatic carbocycles. The third-order valence-corrected chi connectivity index (χ3v) is 5.96. The van der Waals surface area contributed by atoms with Gasteiger partial charge in [-0.05, 0) is 54.6 Å². The molecule has 0 aliphatic heterocycles. The van der Waals surface area contributed by atoms with E-state index in [1.165, 1.54) is 42.7 Å². The van der Waals surface area contributed by atoms with Gasteiger partial charge in [0.25, 0.3) is 15.9 Å². The molecule has 9 nitrogen and oxygen atoms in total. The van der Waals surface area contributed by atoms with E-state index in [2.05, 4.69) is 20.0 Å². The van der Waals surface area contributed by atoms with Gasteiger partial charge in [-0.15, -0.1) is 0 Å². The highest BCUT2D eigenvalue weighted by Crippen LogP contribution is 2.24. The van der Waals surface area contributed by atoms with Crippen LogP contribution < -0.4 is 14.8 Å². The average molecular weight is 485 g/mol.